The molecule has 1 aromatic carbocycles. The number of benzene rings is 1. The van der Waals surface area contributed by atoms with Gasteiger partial charge in [0.1, 0.15) is 0 Å². The van der Waals surface area contributed by atoms with Gasteiger partial charge in [-0.05, 0) is 42.7 Å². The molecule has 0 aliphatic heterocycles. The van der Waals surface area contributed by atoms with Crippen LogP contribution in [0.2, 0.25) is 0 Å². The Labute approximate surface area is 87.3 Å². The molecule has 1 aliphatic rings. The topological polar surface area (TPSA) is 0 Å². The average Bonchev–Trinajstić information content (AvgIpc) is 2.71. The summed E-state index contributed by atoms with van der Waals surface area (Å²) in [5, 5.41) is 0. The fourth-order valence-electron chi connectivity index (χ4n) is 2.38. The standard InChI is InChI=1S/C14H19/c1-11(2)13-8-5-9-14(10-13)12-6-3-4-7-12/h5,8-12H,1,3-4,6-7H2,2H3. The fourth-order valence-corrected chi connectivity index (χ4v) is 2.38. The highest BCUT2D eigenvalue weighted by Crippen LogP contribution is 2.34. The van der Waals surface area contributed by atoms with Crippen LogP contribution in [-0.4, -0.2) is 0 Å². The van der Waals surface area contributed by atoms with Crippen LogP contribution in [-0.2, 0) is 0 Å². The van der Waals surface area contributed by atoms with Crippen molar-refractivity contribution in [1.29, 1.82) is 0 Å². The van der Waals surface area contributed by atoms with Crippen LogP contribution in [0, 0.1) is 6.92 Å². The van der Waals surface area contributed by atoms with Gasteiger partial charge in [-0.1, -0.05) is 44.0 Å². The molecule has 1 fully saturated rings. The van der Waals surface area contributed by atoms with Crippen molar-refractivity contribution in [3.8, 4) is 0 Å². The zero-order valence-corrected chi connectivity index (χ0v) is 9.00. The van der Waals surface area contributed by atoms with Crippen LogP contribution in [0.1, 0.15) is 55.6 Å². The van der Waals surface area contributed by atoms with E-state index in [2.05, 4.69) is 38.1 Å². The number of hydrogen-bond acceptors (Lipinski definition) is 0. The summed E-state index contributed by atoms with van der Waals surface area (Å²) in [6, 6.07) is 9.01. The third-order valence-corrected chi connectivity index (χ3v) is 3.31. The Morgan fingerprint density at radius 1 is 1.29 bits per heavy atom. The van der Waals surface area contributed by atoms with Gasteiger partial charge in [-0.15, -0.1) is 0 Å². The van der Waals surface area contributed by atoms with Crippen LogP contribution >= 0.6 is 0 Å². The van der Waals surface area contributed by atoms with E-state index in [1.54, 1.807) is 0 Å². The summed E-state index contributed by atoms with van der Waals surface area (Å²) in [6.45, 7) is 6.24. The van der Waals surface area contributed by atoms with Gasteiger partial charge in [-0.3, -0.25) is 0 Å². The Kier molecular flexibility index (Phi) is 2.90. The van der Waals surface area contributed by atoms with E-state index in [9.17, 15) is 0 Å². The van der Waals surface area contributed by atoms with Gasteiger partial charge in [0.2, 0.25) is 0 Å². The van der Waals surface area contributed by atoms with Gasteiger partial charge in [-0.25, -0.2) is 0 Å². The summed E-state index contributed by atoms with van der Waals surface area (Å²) in [5.74, 6) is 1.24. The molecule has 0 nitrogen and oxygen atoms in total. The summed E-state index contributed by atoms with van der Waals surface area (Å²) in [4.78, 5) is 0. The third kappa shape index (κ3) is 2.00. The molecular weight excluding hydrogens is 168 g/mol. The fraction of sp³-hybridized carbons (Fsp3) is 0.500. The molecule has 1 unspecified atom stereocenters. The molecule has 1 atom stereocenters. The second-order valence-corrected chi connectivity index (χ2v) is 4.55. The van der Waals surface area contributed by atoms with E-state index in [0.29, 0.717) is 5.92 Å². The first kappa shape index (κ1) is 9.76. The van der Waals surface area contributed by atoms with Crippen LogP contribution in [0.5, 0.6) is 0 Å². The van der Waals surface area contributed by atoms with Crippen molar-refractivity contribution < 1.29 is 0 Å². The lowest BCUT2D eigenvalue weighted by Gasteiger charge is -2.12. The van der Waals surface area contributed by atoms with Crippen LogP contribution in [0.15, 0.2) is 24.3 Å². The van der Waals surface area contributed by atoms with Gasteiger partial charge in [-0.2, -0.15) is 0 Å². The lowest BCUT2D eigenvalue weighted by Crippen LogP contribution is -1.95. The summed E-state index contributed by atoms with van der Waals surface area (Å²) in [7, 11) is 0. The minimum atomic E-state index is 0.413. The monoisotopic (exact) mass is 187 g/mol. The molecule has 1 radical (unpaired) electrons. The predicted molar refractivity (Wildman–Crippen MR) is 61.4 cm³/mol. The highest BCUT2D eigenvalue weighted by molar-refractivity contribution is 5.29. The first-order valence-electron chi connectivity index (χ1n) is 5.70. The zero-order chi connectivity index (χ0) is 9.97. The zero-order valence-electron chi connectivity index (χ0n) is 9.00. The first-order chi connectivity index (χ1) is 6.77. The van der Waals surface area contributed by atoms with Crippen LogP contribution in [0.4, 0.5) is 0 Å². The Morgan fingerprint density at radius 3 is 2.64 bits per heavy atom. The van der Waals surface area contributed by atoms with E-state index in [-0.39, 0.29) is 0 Å². The summed E-state index contributed by atoms with van der Waals surface area (Å²) in [6.07, 6.45) is 5.59. The molecule has 0 bridgehead atoms. The molecule has 2 rings (SSSR count). The lowest BCUT2D eigenvalue weighted by atomic mass is 9.93. The largest absolute Gasteiger partial charge is 0.0617 e. The predicted octanol–water partition coefficient (Wildman–Crippen LogP) is 4.28. The summed E-state index contributed by atoms with van der Waals surface area (Å²) >= 11 is 0. The molecule has 0 spiro atoms. The van der Waals surface area contributed by atoms with E-state index < -0.39 is 0 Å². The number of rotatable bonds is 2. The third-order valence-electron chi connectivity index (χ3n) is 3.31. The maximum Gasteiger partial charge on any atom is -0.0162 e. The Morgan fingerprint density at radius 2 is 2.00 bits per heavy atom. The summed E-state index contributed by atoms with van der Waals surface area (Å²) < 4.78 is 0. The second-order valence-electron chi connectivity index (χ2n) is 4.55. The van der Waals surface area contributed by atoms with E-state index in [4.69, 9.17) is 0 Å². The molecular formula is C14H19. The lowest BCUT2D eigenvalue weighted by molar-refractivity contribution is 0.720. The highest BCUT2D eigenvalue weighted by Gasteiger charge is 2.17. The average molecular weight is 187 g/mol. The van der Waals surface area contributed by atoms with Crippen LogP contribution in [0.3, 0.4) is 0 Å². The van der Waals surface area contributed by atoms with Gasteiger partial charge >= 0.3 is 0 Å². The minimum Gasteiger partial charge on any atom is -0.0617 e. The molecule has 0 aromatic heterocycles. The van der Waals surface area contributed by atoms with E-state index in [1.807, 2.05) is 0 Å². The Bertz CT molecular complexity index is 293. The van der Waals surface area contributed by atoms with Crippen molar-refractivity contribution >= 4 is 0 Å². The SMILES string of the molecule is [CH2]C(C)c1cccc(C2CCCC2)c1. The Balaban J connectivity index is 2.21. The van der Waals surface area contributed by atoms with Crippen molar-refractivity contribution in [3.63, 3.8) is 0 Å². The van der Waals surface area contributed by atoms with Gasteiger partial charge in [0, 0.05) is 0 Å². The normalized spacial score (nSPS) is 17.9. The minimum absolute atomic E-state index is 0.413. The molecule has 0 N–H and O–H groups in total. The number of hydrogen-bond donors (Lipinski definition) is 0. The second kappa shape index (κ2) is 4.16. The van der Waals surface area contributed by atoms with Crippen molar-refractivity contribution in [2.45, 2.75) is 44.4 Å². The van der Waals surface area contributed by atoms with Crippen molar-refractivity contribution in [2.24, 2.45) is 0 Å². The molecule has 0 heteroatoms. The van der Waals surface area contributed by atoms with Gasteiger partial charge in [0.15, 0.2) is 0 Å². The smallest absolute Gasteiger partial charge is 0.0162 e. The highest BCUT2D eigenvalue weighted by atomic mass is 14.2. The van der Waals surface area contributed by atoms with E-state index in [1.165, 1.54) is 36.8 Å². The molecule has 1 aromatic rings. The molecule has 0 saturated heterocycles. The van der Waals surface area contributed by atoms with Crippen molar-refractivity contribution in [3.05, 3.63) is 42.3 Å². The maximum absolute atomic E-state index is 4.08. The van der Waals surface area contributed by atoms with Gasteiger partial charge < -0.3 is 0 Å². The molecule has 0 heterocycles. The molecule has 1 aliphatic carbocycles. The summed E-state index contributed by atoms with van der Waals surface area (Å²) in [5.41, 5.74) is 2.92. The molecule has 0 amide bonds. The quantitative estimate of drug-likeness (QED) is 0.648. The van der Waals surface area contributed by atoms with Gasteiger partial charge in [0.05, 0.1) is 0 Å². The van der Waals surface area contributed by atoms with Crippen LogP contribution < -0.4 is 0 Å². The maximum atomic E-state index is 4.08. The molecule has 1 saturated carbocycles. The Hall–Kier alpha value is -0.780. The van der Waals surface area contributed by atoms with E-state index >= 15 is 0 Å². The van der Waals surface area contributed by atoms with Gasteiger partial charge in [0.25, 0.3) is 0 Å². The molecule has 14 heavy (non-hydrogen) atoms. The van der Waals surface area contributed by atoms with Crippen molar-refractivity contribution in [1.82, 2.24) is 0 Å². The van der Waals surface area contributed by atoms with E-state index in [0.717, 1.165) is 5.92 Å². The van der Waals surface area contributed by atoms with Crippen molar-refractivity contribution in [2.75, 3.05) is 0 Å². The first-order valence-corrected chi connectivity index (χ1v) is 5.70. The van der Waals surface area contributed by atoms with Crippen LogP contribution in [0.25, 0.3) is 0 Å². The molecule has 75 valence electrons.